The van der Waals surface area contributed by atoms with E-state index in [1.54, 1.807) is 43.7 Å². The Morgan fingerprint density at radius 3 is 2.29 bits per heavy atom. The second-order valence-corrected chi connectivity index (χ2v) is 7.44. The van der Waals surface area contributed by atoms with E-state index >= 15 is 0 Å². The molecular weight excluding hydrogens is 336 g/mol. The van der Waals surface area contributed by atoms with Gasteiger partial charge in [-0.2, -0.15) is 13.1 Å². The third-order valence-electron chi connectivity index (χ3n) is 2.77. The lowest BCUT2D eigenvalue weighted by Gasteiger charge is -2.19. The lowest BCUT2D eigenvalue weighted by atomic mass is 10.1. The molecule has 0 heterocycles. The van der Waals surface area contributed by atoms with E-state index in [0.29, 0.717) is 17.9 Å². The Bertz CT molecular complexity index is 667. The van der Waals surface area contributed by atoms with Crippen LogP contribution >= 0.6 is 0 Å². The van der Waals surface area contributed by atoms with Crippen molar-refractivity contribution in [3.05, 3.63) is 23.8 Å². The molecule has 0 saturated carbocycles. The number of methoxy groups -OCH3 is 2. The number of benzene rings is 1. The van der Waals surface area contributed by atoms with Crippen LogP contribution in [-0.2, 0) is 21.4 Å². The first-order valence-electron chi connectivity index (χ1n) is 7.27. The molecule has 0 spiro atoms. The first-order valence-corrected chi connectivity index (χ1v) is 8.76. The van der Waals surface area contributed by atoms with Gasteiger partial charge in [0.05, 0.1) is 14.2 Å². The fourth-order valence-corrected chi connectivity index (χ4v) is 2.51. The van der Waals surface area contributed by atoms with Crippen LogP contribution in [0.15, 0.2) is 18.2 Å². The summed E-state index contributed by atoms with van der Waals surface area (Å²) < 4.78 is 42.8. The van der Waals surface area contributed by atoms with Gasteiger partial charge in [-0.1, -0.05) is 6.07 Å². The van der Waals surface area contributed by atoms with Gasteiger partial charge in [0.1, 0.15) is 5.60 Å². The number of hydrogen-bond donors (Lipinski definition) is 2. The average molecular weight is 360 g/mol. The van der Waals surface area contributed by atoms with Gasteiger partial charge in [-0.05, 0) is 44.9 Å². The summed E-state index contributed by atoms with van der Waals surface area (Å²) >= 11 is 0. The van der Waals surface area contributed by atoms with Gasteiger partial charge < -0.3 is 14.2 Å². The molecular formula is C15H24N2O6S. The highest BCUT2D eigenvalue weighted by Crippen LogP contribution is 2.27. The highest BCUT2D eigenvalue weighted by Gasteiger charge is 2.20. The quantitative estimate of drug-likeness (QED) is 0.766. The van der Waals surface area contributed by atoms with Crippen molar-refractivity contribution in [2.45, 2.75) is 32.8 Å². The number of nitrogens with one attached hydrogen (secondary N) is 2. The fraction of sp³-hybridized carbons (Fsp3) is 0.533. The smallest absolute Gasteiger partial charge is 0.422 e. The summed E-state index contributed by atoms with van der Waals surface area (Å²) in [4.78, 5) is 11.5. The van der Waals surface area contributed by atoms with Crippen LogP contribution in [0.5, 0.6) is 11.5 Å². The molecule has 136 valence electrons. The maximum atomic E-state index is 11.8. The number of ether oxygens (including phenoxy) is 3. The third-order valence-corrected chi connectivity index (χ3v) is 3.79. The topological polar surface area (TPSA) is 103 Å². The average Bonchev–Trinajstić information content (AvgIpc) is 2.44. The van der Waals surface area contributed by atoms with Crippen molar-refractivity contribution >= 4 is 16.3 Å². The zero-order valence-electron chi connectivity index (χ0n) is 14.5. The van der Waals surface area contributed by atoms with E-state index in [1.807, 2.05) is 0 Å². The van der Waals surface area contributed by atoms with Gasteiger partial charge in [-0.25, -0.2) is 9.52 Å². The first kappa shape index (κ1) is 20.0. The molecule has 0 saturated heterocycles. The molecule has 1 aromatic carbocycles. The van der Waals surface area contributed by atoms with E-state index in [4.69, 9.17) is 14.2 Å². The molecule has 0 atom stereocenters. The Hall–Kier alpha value is -2.00. The minimum atomic E-state index is -3.98. The second kappa shape index (κ2) is 8.20. The molecule has 0 aliphatic rings. The predicted molar refractivity (Wildman–Crippen MR) is 89.5 cm³/mol. The van der Waals surface area contributed by atoms with Crippen molar-refractivity contribution < 1.29 is 27.4 Å². The van der Waals surface area contributed by atoms with E-state index in [9.17, 15) is 13.2 Å². The molecule has 24 heavy (non-hydrogen) atoms. The van der Waals surface area contributed by atoms with Crippen molar-refractivity contribution in [2.24, 2.45) is 0 Å². The summed E-state index contributed by atoms with van der Waals surface area (Å²) in [6.07, 6.45) is -0.614. The van der Waals surface area contributed by atoms with Gasteiger partial charge in [0.15, 0.2) is 11.5 Å². The van der Waals surface area contributed by atoms with Crippen molar-refractivity contribution in [2.75, 3.05) is 20.8 Å². The molecule has 0 aliphatic carbocycles. The largest absolute Gasteiger partial charge is 0.493 e. The van der Waals surface area contributed by atoms with Crippen LogP contribution in [0.4, 0.5) is 4.79 Å². The Labute approximate surface area is 142 Å². The minimum Gasteiger partial charge on any atom is -0.493 e. The van der Waals surface area contributed by atoms with Gasteiger partial charge in [0.2, 0.25) is 0 Å². The standard InChI is InChI=1S/C15H24N2O6S/c1-15(2,3)23-14(18)17-24(19,20)16-9-8-11-6-7-12(21-4)13(10-11)22-5/h6-7,10,16H,8-9H2,1-5H3,(H,17,18). The molecule has 8 nitrogen and oxygen atoms in total. The molecule has 0 bridgehead atoms. The molecule has 0 radical (unpaired) electrons. The van der Waals surface area contributed by atoms with Gasteiger partial charge in [0.25, 0.3) is 0 Å². The first-order chi connectivity index (χ1) is 11.1. The van der Waals surface area contributed by atoms with E-state index in [0.717, 1.165) is 5.56 Å². The zero-order chi connectivity index (χ0) is 18.4. The lowest BCUT2D eigenvalue weighted by Crippen LogP contribution is -2.43. The van der Waals surface area contributed by atoms with Gasteiger partial charge >= 0.3 is 16.3 Å². The van der Waals surface area contributed by atoms with Crippen molar-refractivity contribution in [1.82, 2.24) is 9.44 Å². The van der Waals surface area contributed by atoms with E-state index < -0.39 is 21.9 Å². The van der Waals surface area contributed by atoms with E-state index in [-0.39, 0.29) is 6.54 Å². The third kappa shape index (κ3) is 7.05. The number of hydrogen-bond acceptors (Lipinski definition) is 6. The molecule has 1 amide bonds. The zero-order valence-corrected chi connectivity index (χ0v) is 15.3. The number of rotatable bonds is 7. The van der Waals surface area contributed by atoms with Crippen LogP contribution in [0.1, 0.15) is 26.3 Å². The van der Waals surface area contributed by atoms with Crippen LogP contribution in [0.2, 0.25) is 0 Å². The molecule has 0 aliphatic heterocycles. The Kier molecular flexibility index (Phi) is 6.85. The maximum Gasteiger partial charge on any atom is 0.422 e. The van der Waals surface area contributed by atoms with Crippen LogP contribution < -0.4 is 18.9 Å². The van der Waals surface area contributed by atoms with E-state index in [1.165, 1.54) is 14.2 Å². The summed E-state index contributed by atoms with van der Waals surface area (Å²) in [7, 11) is -0.924. The van der Waals surface area contributed by atoms with Gasteiger partial charge in [-0.3, -0.25) is 0 Å². The monoisotopic (exact) mass is 360 g/mol. The SMILES string of the molecule is COc1ccc(CCNS(=O)(=O)NC(=O)OC(C)(C)C)cc1OC. The molecule has 0 fully saturated rings. The highest BCUT2D eigenvalue weighted by molar-refractivity contribution is 7.88. The number of amides is 1. The van der Waals surface area contributed by atoms with Crippen molar-refractivity contribution in [1.29, 1.82) is 0 Å². The Balaban J connectivity index is 2.55. The molecule has 0 aromatic heterocycles. The van der Waals surface area contributed by atoms with E-state index in [2.05, 4.69) is 4.72 Å². The van der Waals surface area contributed by atoms with Crippen molar-refractivity contribution in [3.8, 4) is 11.5 Å². The fourth-order valence-electron chi connectivity index (χ4n) is 1.81. The van der Waals surface area contributed by atoms with Crippen LogP contribution in [0.25, 0.3) is 0 Å². The summed E-state index contributed by atoms with van der Waals surface area (Å²) in [5.41, 5.74) is 0.0758. The normalized spacial score (nSPS) is 11.7. The van der Waals surface area contributed by atoms with Crippen molar-refractivity contribution in [3.63, 3.8) is 0 Å². The Morgan fingerprint density at radius 2 is 1.75 bits per heavy atom. The molecule has 1 rings (SSSR count). The Morgan fingerprint density at radius 1 is 1.12 bits per heavy atom. The molecule has 0 unspecified atom stereocenters. The summed E-state index contributed by atoms with van der Waals surface area (Å²) in [5, 5.41) is 0. The molecule has 9 heteroatoms. The minimum absolute atomic E-state index is 0.105. The number of carbonyl (C=O) groups is 1. The van der Waals surface area contributed by atoms with Gasteiger partial charge in [-0.15, -0.1) is 0 Å². The second-order valence-electron chi connectivity index (χ2n) is 5.94. The predicted octanol–water partition coefficient (Wildman–Crippen LogP) is 1.61. The van der Waals surface area contributed by atoms with Gasteiger partial charge in [0, 0.05) is 6.54 Å². The highest BCUT2D eigenvalue weighted by atomic mass is 32.2. The molecule has 1 aromatic rings. The maximum absolute atomic E-state index is 11.8. The summed E-state index contributed by atoms with van der Waals surface area (Å²) in [6, 6.07) is 5.30. The van der Waals surface area contributed by atoms with Crippen LogP contribution in [0, 0.1) is 0 Å². The van der Waals surface area contributed by atoms with Crippen LogP contribution in [0.3, 0.4) is 0 Å². The summed E-state index contributed by atoms with van der Waals surface area (Å²) in [6.45, 7) is 5.03. The lowest BCUT2D eigenvalue weighted by molar-refractivity contribution is 0.0569. The summed E-state index contributed by atoms with van der Waals surface area (Å²) in [5.74, 6) is 1.15. The van der Waals surface area contributed by atoms with Crippen LogP contribution in [-0.4, -0.2) is 40.9 Å². The number of carbonyl (C=O) groups excluding carboxylic acids is 1. The molecule has 2 N–H and O–H groups in total.